The Bertz CT molecular complexity index is 1090. The Kier molecular flexibility index (Phi) is 3.01. The lowest BCUT2D eigenvalue weighted by atomic mass is 9.80. The van der Waals surface area contributed by atoms with Crippen LogP contribution in [-0.2, 0) is 12.8 Å². The maximum absolute atomic E-state index is 9.21. The molecular weight excluding hydrogens is 332 g/mol. The predicted molar refractivity (Wildman–Crippen MR) is 98.9 cm³/mol. The lowest BCUT2D eigenvalue weighted by Gasteiger charge is -2.38. The van der Waals surface area contributed by atoms with E-state index in [1.807, 2.05) is 36.4 Å². The highest BCUT2D eigenvalue weighted by Gasteiger charge is 2.38. The zero-order chi connectivity index (χ0) is 17.0. The molecule has 25 heavy (non-hydrogen) atoms. The Morgan fingerprint density at radius 3 is 3.00 bits per heavy atom. The van der Waals surface area contributed by atoms with Crippen LogP contribution in [0.3, 0.4) is 0 Å². The molecule has 0 saturated carbocycles. The summed E-state index contributed by atoms with van der Waals surface area (Å²) in [6, 6.07) is 13.8. The van der Waals surface area contributed by atoms with Gasteiger partial charge in [-0.25, -0.2) is 0 Å². The first-order chi connectivity index (χ1) is 12.2. The van der Waals surface area contributed by atoms with Gasteiger partial charge in [-0.3, -0.25) is 0 Å². The summed E-state index contributed by atoms with van der Waals surface area (Å²) in [7, 11) is 0. The minimum absolute atomic E-state index is 0.328. The van der Waals surface area contributed by atoms with Crippen LogP contribution in [0.15, 0.2) is 42.5 Å². The van der Waals surface area contributed by atoms with E-state index < -0.39 is 0 Å². The van der Waals surface area contributed by atoms with Crippen LogP contribution in [-0.4, -0.2) is 10.6 Å². The van der Waals surface area contributed by atoms with Gasteiger partial charge in [0.2, 0.25) is 0 Å². The van der Waals surface area contributed by atoms with Gasteiger partial charge in [0.25, 0.3) is 0 Å². The Labute approximate surface area is 150 Å². The smallest absolute Gasteiger partial charge is 0.132 e. The molecule has 2 aromatic carbocycles. The van der Waals surface area contributed by atoms with Crippen molar-refractivity contribution in [2.24, 2.45) is 0 Å². The molecule has 0 amide bonds. The van der Waals surface area contributed by atoms with Crippen molar-refractivity contribution in [2.75, 3.05) is 0 Å². The first kappa shape index (κ1) is 14.6. The maximum atomic E-state index is 9.21. The number of nitriles is 1. The van der Waals surface area contributed by atoms with E-state index in [0.717, 1.165) is 46.5 Å². The van der Waals surface area contributed by atoms with Crippen LogP contribution >= 0.6 is 11.6 Å². The molecule has 2 aliphatic rings. The summed E-state index contributed by atoms with van der Waals surface area (Å²) in [4.78, 5) is 3.51. The number of nitrogens with zero attached hydrogens (tertiary/aromatic N) is 1. The molecule has 1 spiro atoms. The van der Waals surface area contributed by atoms with Crippen molar-refractivity contribution in [2.45, 2.75) is 24.9 Å². The van der Waals surface area contributed by atoms with Gasteiger partial charge in [0.05, 0.1) is 11.6 Å². The average molecular weight is 347 g/mol. The number of halogens is 1. The van der Waals surface area contributed by atoms with E-state index in [-0.39, 0.29) is 5.60 Å². The van der Waals surface area contributed by atoms with Crippen molar-refractivity contribution in [3.05, 3.63) is 69.9 Å². The van der Waals surface area contributed by atoms with Gasteiger partial charge in [-0.05, 0) is 60.9 Å². The molecule has 5 rings (SSSR count). The number of fused-ring (bicyclic) bond motifs is 4. The van der Waals surface area contributed by atoms with E-state index in [1.165, 1.54) is 11.3 Å². The lowest BCUT2D eigenvalue weighted by molar-refractivity contribution is 0.101. The number of ether oxygens (including phenoxy) is 1. The van der Waals surface area contributed by atoms with Gasteiger partial charge >= 0.3 is 0 Å². The number of aryl methyl sites for hydroxylation is 1. The first-order valence-electron chi connectivity index (χ1n) is 8.37. The number of aromatic amines is 1. The summed E-state index contributed by atoms with van der Waals surface area (Å²) in [5.41, 5.74) is 5.00. The lowest BCUT2D eigenvalue weighted by Crippen LogP contribution is -2.41. The average Bonchev–Trinajstić information content (AvgIpc) is 2.99. The predicted octanol–water partition coefficient (Wildman–Crippen LogP) is 5.03. The molecule has 0 fully saturated rings. The zero-order valence-corrected chi connectivity index (χ0v) is 14.2. The Morgan fingerprint density at radius 2 is 2.12 bits per heavy atom. The highest BCUT2D eigenvalue weighted by Crippen LogP contribution is 2.41. The fourth-order valence-corrected chi connectivity index (χ4v) is 4.16. The molecule has 1 aliphatic heterocycles. The van der Waals surface area contributed by atoms with E-state index in [4.69, 9.17) is 16.3 Å². The van der Waals surface area contributed by atoms with Crippen LogP contribution < -0.4 is 4.74 Å². The number of hydrogen-bond acceptors (Lipinski definition) is 2. The van der Waals surface area contributed by atoms with E-state index in [9.17, 15) is 5.26 Å². The van der Waals surface area contributed by atoms with Gasteiger partial charge in [-0.1, -0.05) is 17.7 Å². The second-order valence-electron chi connectivity index (χ2n) is 6.81. The number of rotatable bonds is 0. The largest absolute Gasteiger partial charge is 0.482 e. The third kappa shape index (κ3) is 2.26. The fourth-order valence-electron chi connectivity index (χ4n) is 3.98. The van der Waals surface area contributed by atoms with E-state index in [2.05, 4.69) is 23.2 Å². The molecule has 3 nitrogen and oxygen atoms in total. The summed E-state index contributed by atoms with van der Waals surface area (Å²) < 4.78 is 6.42. The monoisotopic (exact) mass is 346 g/mol. The highest BCUT2D eigenvalue weighted by molar-refractivity contribution is 6.30. The third-order valence-corrected chi connectivity index (χ3v) is 5.48. The van der Waals surface area contributed by atoms with Crippen molar-refractivity contribution >= 4 is 28.6 Å². The zero-order valence-electron chi connectivity index (χ0n) is 13.5. The second-order valence-corrected chi connectivity index (χ2v) is 7.25. The summed E-state index contributed by atoms with van der Waals surface area (Å²) >= 11 is 6.08. The van der Waals surface area contributed by atoms with Crippen molar-refractivity contribution < 1.29 is 4.74 Å². The van der Waals surface area contributed by atoms with Crippen molar-refractivity contribution in [3.8, 4) is 11.8 Å². The molecule has 1 aromatic heterocycles. The molecular formula is C21H15ClN2O. The number of benzene rings is 2. The second kappa shape index (κ2) is 5.15. The minimum Gasteiger partial charge on any atom is -0.482 e. The molecule has 4 heteroatoms. The van der Waals surface area contributed by atoms with Gasteiger partial charge in [-0.2, -0.15) is 5.26 Å². The molecule has 1 N–H and O–H groups in total. The van der Waals surface area contributed by atoms with Crippen LogP contribution in [0, 0.1) is 11.3 Å². The summed E-state index contributed by atoms with van der Waals surface area (Å²) in [5, 5.41) is 11.1. The Morgan fingerprint density at radius 1 is 1.20 bits per heavy atom. The van der Waals surface area contributed by atoms with Crippen molar-refractivity contribution in [1.29, 1.82) is 5.26 Å². The molecule has 1 aliphatic carbocycles. The molecule has 1 atom stereocenters. The topological polar surface area (TPSA) is 48.8 Å². The molecule has 2 heterocycles. The molecule has 0 saturated heterocycles. The standard InChI is InChI=1S/C21H15ClN2O/c22-15-2-4-20-14(10-15)5-7-21(25-20)8-6-19-17(11-21)16-9-13(12-23)1-3-18(16)24-19/h1-5,7,9-10,24H,6,8,11H2. The first-order valence-corrected chi connectivity index (χ1v) is 8.75. The summed E-state index contributed by atoms with van der Waals surface area (Å²) in [5.74, 6) is 0.882. The third-order valence-electron chi connectivity index (χ3n) is 5.25. The highest BCUT2D eigenvalue weighted by atomic mass is 35.5. The maximum Gasteiger partial charge on any atom is 0.132 e. The van der Waals surface area contributed by atoms with Crippen LogP contribution in [0.5, 0.6) is 5.75 Å². The summed E-state index contributed by atoms with van der Waals surface area (Å²) in [6.07, 6.45) is 6.94. The normalized spacial score (nSPS) is 20.8. The van der Waals surface area contributed by atoms with Crippen LogP contribution in [0.4, 0.5) is 0 Å². The molecule has 1 unspecified atom stereocenters. The van der Waals surface area contributed by atoms with Crippen LogP contribution in [0.1, 0.15) is 28.8 Å². The van der Waals surface area contributed by atoms with E-state index in [1.54, 1.807) is 0 Å². The number of H-pyrrole nitrogens is 1. The minimum atomic E-state index is -0.328. The Hall–Kier alpha value is -2.70. The van der Waals surface area contributed by atoms with Crippen LogP contribution in [0.2, 0.25) is 5.02 Å². The quantitative estimate of drug-likeness (QED) is 0.621. The van der Waals surface area contributed by atoms with Crippen molar-refractivity contribution in [1.82, 2.24) is 4.98 Å². The number of nitrogens with one attached hydrogen (secondary N) is 1. The SMILES string of the molecule is N#Cc1ccc2[nH]c3c(c2c1)CC1(C=Cc2cc(Cl)ccc2O1)CC3. The van der Waals surface area contributed by atoms with Gasteiger partial charge < -0.3 is 9.72 Å². The molecule has 0 bridgehead atoms. The van der Waals surface area contributed by atoms with Gasteiger partial charge in [0, 0.05) is 33.6 Å². The van der Waals surface area contributed by atoms with Gasteiger partial charge in [0.15, 0.2) is 0 Å². The molecule has 122 valence electrons. The molecule has 3 aromatic rings. The summed E-state index contributed by atoms with van der Waals surface area (Å²) in [6.45, 7) is 0. The fraction of sp³-hybridized carbons (Fsp3) is 0.190. The van der Waals surface area contributed by atoms with Gasteiger partial charge in [-0.15, -0.1) is 0 Å². The van der Waals surface area contributed by atoms with Crippen LogP contribution in [0.25, 0.3) is 17.0 Å². The van der Waals surface area contributed by atoms with Crippen molar-refractivity contribution in [3.63, 3.8) is 0 Å². The number of hydrogen-bond donors (Lipinski definition) is 1. The Balaban J connectivity index is 1.58. The number of aromatic nitrogens is 1. The van der Waals surface area contributed by atoms with E-state index >= 15 is 0 Å². The van der Waals surface area contributed by atoms with Gasteiger partial charge in [0.1, 0.15) is 11.4 Å². The molecule has 0 radical (unpaired) electrons. The van der Waals surface area contributed by atoms with E-state index in [0.29, 0.717) is 5.56 Å².